The molecule has 1 saturated carbocycles. The fourth-order valence-electron chi connectivity index (χ4n) is 2.15. The van der Waals surface area contributed by atoms with Crippen LogP contribution >= 0.6 is 0 Å². The molecule has 0 atom stereocenters. The van der Waals surface area contributed by atoms with Gasteiger partial charge in [0.2, 0.25) is 0 Å². The topological polar surface area (TPSA) is 72.6 Å². The molecule has 5 nitrogen and oxygen atoms in total. The van der Waals surface area contributed by atoms with E-state index in [1.165, 1.54) is 0 Å². The summed E-state index contributed by atoms with van der Waals surface area (Å²) in [5, 5.41) is 0. The summed E-state index contributed by atoms with van der Waals surface area (Å²) in [5.74, 6) is -0.549. The standard InChI is InChI=1S/C15H20N2O3/c1-2-17(12-7-8-12)14(18)10-20-15(19)9-11-5-3-4-6-13(11)16/h3-6,12H,2,7-10,16H2,1H3. The number of carbonyl (C=O) groups is 2. The Morgan fingerprint density at radius 1 is 1.35 bits per heavy atom. The molecule has 1 fully saturated rings. The predicted octanol–water partition coefficient (Wildman–Crippen LogP) is 1.37. The first-order valence-electron chi connectivity index (χ1n) is 6.90. The van der Waals surface area contributed by atoms with Crippen LogP contribution in [0.2, 0.25) is 0 Å². The summed E-state index contributed by atoms with van der Waals surface area (Å²) >= 11 is 0. The number of benzene rings is 1. The van der Waals surface area contributed by atoms with E-state index in [1.54, 1.807) is 17.0 Å². The Bertz CT molecular complexity index is 498. The zero-order chi connectivity index (χ0) is 14.5. The fraction of sp³-hybridized carbons (Fsp3) is 0.467. The molecule has 2 N–H and O–H groups in total. The van der Waals surface area contributed by atoms with Gasteiger partial charge in [0.1, 0.15) is 0 Å². The lowest BCUT2D eigenvalue weighted by molar-refractivity contribution is -0.151. The van der Waals surface area contributed by atoms with Crippen LogP contribution in [0.5, 0.6) is 0 Å². The molecule has 108 valence electrons. The van der Waals surface area contributed by atoms with Crippen LogP contribution in [0.1, 0.15) is 25.3 Å². The third-order valence-corrected chi connectivity index (χ3v) is 3.40. The van der Waals surface area contributed by atoms with Crippen molar-refractivity contribution in [2.45, 2.75) is 32.2 Å². The first-order valence-corrected chi connectivity index (χ1v) is 6.90. The van der Waals surface area contributed by atoms with Crippen LogP contribution < -0.4 is 5.73 Å². The van der Waals surface area contributed by atoms with Crippen molar-refractivity contribution in [3.05, 3.63) is 29.8 Å². The molecule has 1 aliphatic carbocycles. The Morgan fingerprint density at radius 3 is 2.65 bits per heavy atom. The van der Waals surface area contributed by atoms with Crippen LogP contribution in [0.4, 0.5) is 5.69 Å². The lowest BCUT2D eigenvalue weighted by atomic mass is 10.1. The van der Waals surface area contributed by atoms with Gasteiger partial charge >= 0.3 is 5.97 Å². The SMILES string of the molecule is CCN(C(=O)COC(=O)Cc1ccccc1N)C1CC1. The second-order valence-electron chi connectivity index (χ2n) is 4.95. The van der Waals surface area contributed by atoms with Crippen molar-refractivity contribution in [3.63, 3.8) is 0 Å². The van der Waals surface area contributed by atoms with E-state index in [2.05, 4.69) is 0 Å². The van der Waals surface area contributed by atoms with Crippen molar-refractivity contribution in [2.75, 3.05) is 18.9 Å². The van der Waals surface area contributed by atoms with E-state index < -0.39 is 5.97 Å². The number of amides is 1. The van der Waals surface area contributed by atoms with Crippen LogP contribution in [0.3, 0.4) is 0 Å². The Morgan fingerprint density at radius 2 is 2.05 bits per heavy atom. The molecule has 0 aliphatic heterocycles. The smallest absolute Gasteiger partial charge is 0.310 e. The first-order chi connectivity index (χ1) is 9.61. The maximum absolute atomic E-state index is 11.9. The Hall–Kier alpha value is -2.04. The van der Waals surface area contributed by atoms with Crippen molar-refractivity contribution in [3.8, 4) is 0 Å². The van der Waals surface area contributed by atoms with Crippen LogP contribution in [-0.4, -0.2) is 36.0 Å². The summed E-state index contributed by atoms with van der Waals surface area (Å²) in [7, 11) is 0. The lowest BCUT2D eigenvalue weighted by Crippen LogP contribution is -2.36. The van der Waals surface area contributed by atoms with E-state index >= 15 is 0 Å². The van der Waals surface area contributed by atoms with Gasteiger partial charge in [0.15, 0.2) is 6.61 Å². The quantitative estimate of drug-likeness (QED) is 0.629. The normalized spacial score (nSPS) is 13.8. The number of anilines is 1. The largest absolute Gasteiger partial charge is 0.455 e. The second kappa shape index (κ2) is 6.41. The summed E-state index contributed by atoms with van der Waals surface area (Å²) in [6, 6.07) is 7.48. The van der Waals surface area contributed by atoms with Crippen LogP contribution in [-0.2, 0) is 20.7 Å². The minimum absolute atomic E-state index is 0.0928. The van der Waals surface area contributed by atoms with Gasteiger partial charge < -0.3 is 15.4 Å². The molecule has 5 heteroatoms. The van der Waals surface area contributed by atoms with Gasteiger partial charge in [0.25, 0.3) is 5.91 Å². The average molecular weight is 276 g/mol. The number of nitrogen functional groups attached to an aromatic ring is 1. The molecular weight excluding hydrogens is 256 g/mol. The number of hydrogen-bond acceptors (Lipinski definition) is 4. The highest BCUT2D eigenvalue weighted by molar-refractivity contribution is 5.82. The minimum atomic E-state index is -0.428. The number of ether oxygens (including phenoxy) is 1. The van der Waals surface area contributed by atoms with Gasteiger partial charge in [-0.25, -0.2) is 0 Å². The van der Waals surface area contributed by atoms with Gasteiger partial charge in [0.05, 0.1) is 6.42 Å². The zero-order valence-corrected chi connectivity index (χ0v) is 11.7. The highest BCUT2D eigenvalue weighted by Gasteiger charge is 2.31. The number of nitrogens with zero attached hydrogens (tertiary/aromatic N) is 1. The summed E-state index contributed by atoms with van der Waals surface area (Å²) < 4.78 is 5.04. The van der Waals surface area contributed by atoms with Gasteiger partial charge in [-0.3, -0.25) is 9.59 Å². The molecule has 0 unspecified atom stereocenters. The van der Waals surface area contributed by atoms with Crippen molar-refractivity contribution in [2.24, 2.45) is 0 Å². The number of rotatable bonds is 6. The number of para-hydroxylation sites is 1. The summed E-state index contributed by atoms with van der Waals surface area (Å²) in [5.41, 5.74) is 7.04. The van der Waals surface area contributed by atoms with E-state index in [1.807, 2.05) is 19.1 Å². The van der Waals surface area contributed by atoms with Gasteiger partial charge in [-0.2, -0.15) is 0 Å². The molecule has 2 rings (SSSR count). The number of hydrogen-bond donors (Lipinski definition) is 1. The van der Waals surface area contributed by atoms with Gasteiger partial charge in [-0.1, -0.05) is 18.2 Å². The predicted molar refractivity (Wildman–Crippen MR) is 75.9 cm³/mol. The molecule has 1 aromatic rings. The molecule has 0 heterocycles. The molecule has 1 aliphatic rings. The molecule has 1 aromatic carbocycles. The Kier molecular flexibility index (Phi) is 4.61. The van der Waals surface area contributed by atoms with Gasteiger partial charge in [0, 0.05) is 18.3 Å². The summed E-state index contributed by atoms with van der Waals surface area (Å²) in [6.45, 7) is 2.41. The van der Waals surface area contributed by atoms with E-state index in [-0.39, 0.29) is 18.9 Å². The molecule has 0 spiro atoms. The van der Waals surface area contributed by atoms with E-state index in [4.69, 9.17) is 10.5 Å². The highest BCUT2D eigenvalue weighted by atomic mass is 16.5. The fourth-order valence-corrected chi connectivity index (χ4v) is 2.15. The lowest BCUT2D eigenvalue weighted by Gasteiger charge is -2.20. The van der Waals surface area contributed by atoms with Gasteiger partial charge in [-0.05, 0) is 31.4 Å². The summed E-state index contributed by atoms with van der Waals surface area (Å²) in [4.78, 5) is 25.4. The molecule has 0 radical (unpaired) electrons. The molecule has 1 amide bonds. The monoisotopic (exact) mass is 276 g/mol. The van der Waals surface area contributed by atoms with Gasteiger partial charge in [-0.15, -0.1) is 0 Å². The van der Waals surface area contributed by atoms with Crippen molar-refractivity contribution < 1.29 is 14.3 Å². The number of likely N-dealkylation sites (N-methyl/N-ethyl adjacent to an activating group) is 1. The summed E-state index contributed by atoms with van der Waals surface area (Å²) in [6.07, 6.45) is 2.19. The maximum atomic E-state index is 11.9. The molecule has 0 aromatic heterocycles. The number of carbonyl (C=O) groups excluding carboxylic acids is 2. The van der Waals surface area contributed by atoms with Crippen molar-refractivity contribution in [1.82, 2.24) is 4.90 Å². The van der Waals surface area contributed by atoms with Crippen LogP contribution in [0, 0.1) is 0 Å². The van der Waals surface area contributed by atoms with E-state index in [0.29, 0.717) is 18.3 Å². The molecule has 0 saturated heterocycles. The number of nitrogens with two attached hydrogens (primary N) is 1. The number of esters is 1. The Balaban J connectivity index is 1.80. The molecule has 20 heavy (non-hydrogen) atoms. The third kappa shape index (κ3) is 3.73. The first kappa shape index (κ1) is 14.4. The maximum Gasteiger partial charge on any atom is 0.310 e. The Labute approximate surface area is 118 Å². The molecular formula is C15H20N2O3. The molecule has 0 bridgehead atoms. The van der Waals surface area contributed by atoms with Crippen LogP contribution in [0.25, 0.3) is 0 Å². The second-order valence-corrected chi connectivity index (χ2v) is 4.95. The zero-order valence-electron chi connectivity index (χ0n) is 11.7. The minimum Gasteiger partial charge on any atom is -0.455 e. The average Bonchev–Trinajstić information content (AvgIpc) is 3.25. The third-order valence-electron chi connectivity index (χ3n) is 3.40. The van der Waals surface area contributed by atoms with Crippen molar-refractivity contribution in [1.29, 1.82) is 0 Å². The van der Waals surface area contributed by atoms with E-state index in [9.17, 15) is 9.59 Å². The van der Waals surface area contributed by atoms with Crippen LogP contribution in [0.15, 0.2) is 24.3 Å². The highest BCUT2D eigenvalue weighted by Crippen LogP contribution is 2.26. The van der Waals surface area contributed by atoms with Crippen molar-refractivity contribution >= 4 is 17.6 Å². The van der Waals surface area contributed by atoms with E-state index in [0.717, 1.165) is 18.4 Å².